The highest BCUT2D eigenvalue weighted by Crippen LogP contribution is 2.33. The molecular weight excluding hydrogens is 193 g/mol. The summed E-state index contributed by atoms with van der Waals surface area (Å²) in [5, 5.41) is 9.34. The lowest BCUT2D eigenvalue weighted by molar-refractivity contribution is 0.319. The molecule has 80 valence electrons. The summed E-state index contributed by atoms with van der Waals surface area (Å²) in [5.41, 5.74) is 6.40. The molecule has 0 unspecified atom stereocenters. The van der Waals surface area contributed by atoms with Crippen LogP contribution < -0.4 is 15.1 Å². The fourth-order valence-electron chi connectivity index (χ4n) is 1.68. The van der Waals surface area contributed by atoms with Crippen LogP contribution in [0.3, 0.4) is 0 Å². The third-order valence-electron chi connectivity index (χ3n) is 2.37. The van der Waals surface area contributed by atoms with E-state index in [1.807, 2.05) is 18.2 Å². The molecule has 0 radical (unpaired) electrons. The largest absolute Gasteiger partial charge is 0.536 e. The molecule has 1 aliphatic rings. The summed E-state index contributed by atoms with van der Waals surface area (Å²) in [6.07, 6.45) is 1.38. The summed E-state index contributed by atoms with van der Waals surface area (Å²) >= 11 is 0. The number of fused-ring (bicyclic) bond motifs is 1. The predicted octanol–water partition coefficient (Wildman–Crippen LogP) is 0.439. The average Bonchev–Trinajstić information content (AvgIpc) is 2.25. The maximum Gasteiger partial charge on any atom is 0.522 e. The number of benzene rings is 1. The number of hydrogen-bond donors (Lipinski definition) is 2. The van der Waals surface area contributed by atoms with E-state index in [4.69, 9.17) is 15.1 Å². The standard InChI is InChI=1S/C10H14BNO3/c12-6-7-14-9-2-1-3-10-8(9)4-5-11(13)15-10/h1-3,13H,4-7,12H2. The fraction of sp³-hybridized carbons (Fsp3) is 0.400. The van der Waals surface area contributed by atoms with E-state index in [1.54, 1.807) is 0 Å². The van der Waals surface area contributed by atoms with Crippen LogP contribution >= 0.6 is 0 Å². The van der Waals surface area contributed by atoms with Crippen molar-refractivity contribution in [3.05, 3.63) is 23.8 Å². The van der Waals surface area contributed by atoms with Gasteiger partial charge in [0, 0.05) is 12.1 Å². The molecule has 0 aromatic heterocycles. The first-order chi connectivity index (χ1) is 7.31. The molecule has 1 aromatic carbocycles. The minimum atomic E-state index is -0.692. The zero-order valence-corrected chi connectivity index (χ0v) is 8.48. The average molecular weight is 207 g/mol. The van der Waals surface area contributed by atoms with Gasteiger partial charge in [0.25, 0.3) is 0 Å². The Morgan fingerprint density at radius 1 is 1.53 bits per heavy atom. The second-order valence-electron chi connectivity index (χ2n) is 3.48. The molecule has 1 aromatic rings. The summed E-state index contributed by atoms with van der Waals surface area (Å²) in [4.78, 5) is 0. The Labute approximate surface area is 89.1 Å². The van der Waals surface area contributed by atoms with E-state index >= 15 is 0 Å². The van der Waals surface area contributed by atoms with Crippen LogP contribution in [0.1, 0.15) is 5.56 Å². The van der Waals surface area contributed by atoms with Crippen molar-refractivity contribution >= 4 is 7.12 Å². The highest BCUT2D eigenvalue weighted by Gasteiger charge is 2.25. The highest BCUT2D eigenvalue weighted by atomic mass is 16.5. The van der Waals surface area contributed by atoms with Crippen molar-refractivity contribution < 1.29 is 14.4 Å². The molecule has 0 bridgehead atoms. The lowest BCUT2D eigenvalue weighted by Gasteiger charge is -2.21. The number of ether oxygens (including phenoxy) is 1. The van der Waals surface area contributed by atoms with E-state index in [9.17, 15) is 5.02 Å². The third-order valence-corrected chi connectivity index (χ3v) is 2.37. The maximum absolute atomic E-state index is 9.34. The molecule has 0 saturated heterocycles. The smallest absolute Gasteiger partial charge is 0.522 e. The summed E-state index contributed by atoms with van der Waals surface area (Å²) in [7, 11) is -0.692. The molecule has 5 heteroatoms. The summed E-state index contributed by atoms with van der Waals surface area (Å²) in [6.45, 7) is 0.992. The molecule has 0 saturated carbocycles. The minimum absolute atomic E-state index is 0.493. The molecule has 1 aliphatic heterocycles. The van der Waals surface area contributed by atoms with Gasteiger partial charge in [-0.3, -0.25) is 0 Å². The Morgan fingerprint density at radius 3 is 3.20 bits per heavy atom. The van der Waals surface area contributed by atoms with Gasteiger partial charge < -0.3 is 20.1 Å². The van der Waals surface area contributed by atoms with Crippen LogP contribution in [0.15, 0.2) is 18.2 Å². The predicted molar refractivity (Wildman–Crippen MR) is 58.1 cm³/mol. The Morgan fingerprint density at radius 2 is 2.40 bits per heavy atom. The molecule has 0 fully saturated rings. The molecule has 0 spiro atoms. The van der Waals surface area contributed by atoms with Crippen LogP contribution in [0.5, 0.6) is 11.5 Å². The van der Waals surface area contributed by atoms with E-state index < -0.39 is 7.12 Å². The van der Waals surface area contributed by atoms with Gasteiger partial charge in [-0.2, -0.15) is 0 Å². The van der Waals surface area contributed by atoms with Crippen molar-refractivity contribution in [2.45, 2.75) is 12.7 Å². The molecule has 0 amide bonds. The molecule has 0 atom stereocenters. The Balaban J connectivity index is 2.21. The second kappa shape index (κ2) is 4.55. The lowest BCUT2D eigenvalue weighted by atomic mass is 9.78. The van der Waals surface area contributed by atoms with Gasteiger partial charge in [-0.15, -0.1) is 0 Å². The van der Waals surface area contributed by atoms with Crippen LogP contribution in [0.4, 0.5) is 0 Å². The van der Waals surface area contributed by atoms with E-state index in [0.29, 0.717) is 25.2 Å². The van der Waals surface area contributed by atoms with Crippen molar-refractivity contribution in [3.63, 3.8) is 0 Å². The van der Waals surface area contributed by atoms with Gasteiger partial charge in [-0.25, -0.2) is 0 Å². The molecule has 3 N–H and O–H groups in total. The Bertz CT molecular complexity index is 345. The van der Waals surface area contributed by atoms with Gasteiger partial charge in [0.1, 0.15) is 18.1 Å². The summed E-state index contributed by atoms with van der Waals surface area (Å²) in [6, 6.07) is 5.59. The number of nitrogens with two attached hydrogens (primary N) is 1. The zero-order chi connectivity index (χ0) is 10.7. The van der Waals surface area contributed by atoms with Crippen molar-refractivity contribution in [2.24, 2.45) is 5.73 Å². The first-order valence-electron chi connectivity index (χ1n) is 5.10. The van der Waals surface area contributed by atoms with E-state index in [2.05, 4.69) is 0 Å². The lowest BCUT2D eigenvalue weighted by Crippen LogP contribution is -2.26. The van der Waals surface area contributed by atoms with Crippen LogP contribution in [-0.4, -0.2) is 25.3 Å². The van der Waals surface area contributed by atoms with Gasteiger partial charge in [-0.05, 0) is 24.9 Å². The van der Waals surface area contributed by atoms with Gasteiger partial charge in [0.05, 0.1) is 0 Å². The third kappa shape index (κ3) is 2.24. The molecule has 4 nitrogen and oxygen atoms in total. The quantitative estimate of drug-likeness (QED) is 0.705. The summed E-state index contributed by atoms with van der Waals surface area (Å²) < 4.78 is 10.8. The first kappa shape index (κ1) is 10.3. The molecular formula is C10H14BNO3. The Kier molecular flexibility index (Phi) is 3.13. The topological polar surface area (TPSA) is 64.7 Å². The summed E-state index contributed by atoms with van der Waals surface area (Å²) in [5.74, 6) is 1.52. The molecule has 1 heterocycles. The van der Waals surface area contributed by atoms with Crippen molar-refractivity contribution in [1.82, 2.24) is 0 Å². The van der Waals surface area contributed by atoms with Gasteiger partial charge in [0.2, 0.25) is 0 Å². The van der Waals surface area contributed by atoms with Gasteiger partial charge in [0.15, 0.2) is 0 Å². The number of hydrogen-bond acceptors (Lipinski definition) is 4. The fourth-order valence-corrected chi connectivity index (χ4v) is 1.68. The molecule has 15 heavy (non-hydrogen) atoms. The highest BCUT2D eigenvalue weighted by molar-refractivity contribution is 6.44. The van der Waals surface area contributed by atoms with Crippen LogP contribution in [0.2, 0.25) is 6.32 Å². The first-order valence-corrected chi connectivity index (χ1v) is 5.10. The van der Waals surface area contributed by atoms with E-state index in [-0.39, 0.29) is 0 Å². The van der Waals surface area contributed by atoms with Crippen LogP contribution in [0, 0.1) is 0 Å². The van der Waals surface area contributed by atoms with Crippen molar-refractivity contribution in [1.29, 1.82) is 0 Å². The van der Waals surface area contributed by atoms with Crippen LogP contribution in [-0.2, 0) is 6.42 Å². The zero-order valence-electron chi connectivity index (χ0n) is 8.48. The number of rotatable bonds is 3. The molecule has 0 aliphatic carbocycles. The SMILES string of the molecule is NCCOc1cccc2c1CCB(O)O2. The van der Waals surface area contributed by atoms with Crippen LogP contribution in [0.25, 0.3) is 0 Å². The maximum atomic E-state index is 9.34. The van der Waals surface area contributed by atoms with Gasteiger partial charge >= 0.3 is 7.12 Å². The van der Waals surface area contributed by atoms with E-state index in [1.165, 1.54) is 0 Å². The Hall–Kier alpha value is -1.20. The second-order valence-corrected chi connectivity index (χ2v) is 3.48. The minimum Gasteiger partial charge on any atom is -0.536 e. The van der Waals surface area contributed by atoms with Gasteiger partial charge in [-0.1, -0.05) is 6.07 Å². The normalized spacial score (nSPS) is 14.4. The van der Waals surface area contributed by atoms with E-state index in [0.717, 1.165) is 17.7 Å². The monoisotopic (exact) mass is 207 g/mol. The van der Waals surface area contributed by atoms with Crippen molar-refractivity contribution in [2.75, 3.05) is 13.2 Å². The van der Waals surface area contributed by atoms with Crippen molar-refractivity contribution in [3.8, 4) is 11.5 Å². The molecule has 2 rings (SSSR count).